The highest BCUT2D eigenvalue weighted by atomic mass is 35.5. The summed E-state index contributed by atoms with van der Waals surface area (Å²) in [6.07, 6.45) is 0. The average Bonchev–Trinajstić information content (AvgIpc) is 2.61. The second-order valence-corrected chi connectivity index (χ2v) is 3.24. The Balaban J connectivity index is 0.00000112. The predicted molar refractivity (Wildman–Crippen MR) is 58.3 cm³/mol. The lowest BCUT2D eigenvalue weighted by atomic mass is 10.3. The molecular formula is C9H13ClN4O. The van der Waals surface area contributed by atoms with Crippen molar-refractivity contribution in [3.8, 4) is 6.07 Å². The number of piperazine rings is 1. The van der Waals surface area contributed by atoms with Crippen LogP contribution in [0, 0.1) is 18.3 Å². The van der Waals surface area contributed by atoms with E-state index in [2.05, 4.69) is 15.2 Å². The van der Waals surface area contributed by atoms with Crippen LogP contribution in [0.1, 0.15) is 11.6 Å². The molecule has 0 unspecified atom stereocenters. The van der Waals surface area contributed by atoms with Crippen LogP contribution in [0.5, 0.6) is 0 Å². The Labute approximate surface area is 94.5 Å². The Morgan fingerprint density at radius 1 is 1.47 bits per heavy atom. The Morgan fingerprint density at radius 2 is 2.13 bits per heavy atom. The topological polar surface area (TPSA) is 65.1 Å². The van der Waals surface area contributed by atoms with Crippen molar-refractivity contribution in [3.05, 3.63) is 11.6 Å². The molecule has 0 radical (unpaired) electrons. The quantitative estimate of drug-likeness (QED) is 0.766. The first-order valence-electron chi connectivity index (χ1n) is 4.64. The Bertz CT molecular complexity index is 365. The van der Waals surface area contributed by atoms with Crippen LogP contribution in [0.4, 0.5) is 5.88 Å². The number of aromatic nitrogens is 1. The molecule has 6 heteroatoms. The monoisotopic (exact) mass is 228 g/mol. The zero-order chi connectivity index (χ0) is 9.97. The van der Waals surface area contributed by atoms with E-state index in [0.29, 0.717) is 17.5 Å². The first-order valence-corrected chi connectivity index (χ1v) is 4.64. The number of nitrogens with one attached hydrogen (secondary N) is 1. The van der Waals surface area contributed by atoms with Crippen LogP contribution in [0.2, 0.25) is 0 Å². The molecule has 0 spiro atoms. The van der Waals surface area contributed by atoms with Crippen molar-refractivity contribution >= 4 is 18.3 Å². The lowest BCUT2D eigenvalue weighted by Crippen LogP contribution is -2.43. The van der Waals surface area contributed by atoms with Gasteiger partial charge >= 0.3 is 0 Å². The fraction of sp³-hybridized carbons (Fsp3) is 0.556. The minimum atomic E-state index is 0. The molecule has 15 heavy (non-hydrogen) atoms. The molecule has 0 amide bonds. The molecule has 0 aromatic carbocycles. The molecule has 1 fully saturated rings. The SMILES string of the molecule is Cc1nc(C#N)c(N2CCNCC2)o1.Cl. The van der Waals surface area contributed by atoms with E-state index in [1.165, 1.54) is 0 Å². The number of rotatable bonds is 1. The molecule has 1 saturated heterocycles. The van der Waals surface area contributed by atoms with Gasteiger partial charge in [-0.25, -0.2) is 4.98 Å². The largest absolute Gasteiger partial charge is 0.424 e. The lowest BCUT2D eigenvalue weighted by Gasteiger charge is -2.26. The molecule has 1 aromatic heterocycles. The number of aryl methyl sites for hydroxylation is 1. The van der Waals surface area contributed by atoms with Crippen molar-refractivity contribution in [3.63, 3.8) is 0 Å². The molecule has 0 bridgehead atoms. The molecule has 1 aromatic rings. The molecule has 1 N–H and O–H groups in total. The highest BCUT2D eigenvalue weighted by Crippen LogP contribution is 2.21. The number of nitriles is 1. The minimum Gasteiger partial charge on any atom is -0.424 e. The second-order valence-electron chi connectivity index (χ2n) is 3.24. The van der Waals surface area contributed by atoms with Crippen molar-refractivity contribution in [2.75, 3.05) is 31.1 Å². The van der Waals surface area contributed by atoms with Crippen LogP contribution < -0.4 is 10.2 Å². The van der Waals surface area contributed by atoms with E-state index in [0.717, 1.165) is 26.2 Å². The smallest absolute Gasteiger partial charge is 0.234 e. The molecule has 2 rings (SSSR count). The fourth-order valence-corrected chi connectivity index (χ4v) is 1.57. The summed E-state index contributed by atoms with van der Waals surface area (Å²) < 4.78 is 5.41. The number of nitrogens with zero attached hydrogens (tertiary/aromatic N) is 3. The van der Waals surface area contributed by atoms with E-state index in [-0.39, 0.29) is 12.4 Å². The summed E-state index contributed by atoms with van der Waals surface area (Å²) in [5.74, 6) is 1.17. The van der Waals surface area contributed by atoms with Crippen molar-refractivity contribution in [2.24, 2.45) is 0 Å². The van der Waals surface area contributed by atoms with E-state index in [9.17, 15) is 0 Å². The normalized spacial score (nSPS) is 15.6. The minimum absolute atomic E-state index is 0. The average molecular weight is 229 g/mol. The van der Waals surface area contributed by atoms with E-state index in [1.807, 2.05) is 6.07 Å². The highest BCUT2D eigenvalue weighted by molar-refractivity contribution is 5.85. The third-order valence-corrected chi connectivity index (χ3v) is 2.23. The van der Waals surface area contributed by atoms with Gasteiger partial charge in [-0.05, 0) is 0 Å². The van der Waals surface area contributed by atoms with E-state index >= 15 is 0 Å². The number of hydrogen-bond acceptors (Lipinski definition) is 5. The van der Waals surface area contributed by atoms with Gasteiger partial charge in [-0.2, -0.15) is 5.26 Å². The summed E-state index contributed by atoms with van der Waals surface area (Å²) in [5.41, 5.74) is 0.393. The van der Waals surface area contributed by atoms with Crippen molar-refractivity contribution in [1.29, 1.82) is 5.26 Å². The first kappa shape index (κ1) is 11.8. The van der Waals surface area contributed by atoms with Gasteiger partial charge in [-0.3, -0.25) is 0 Å². The summed E-state index contributed by atoms with van der Waals surface area (Å²) >= 11 is 0. The summed E-state index contributed by atoms with van der Waals surface area (Å²) in [6.45, 7) is 5.33. The summed E-state index contributed by atoms with van der Waals surface area (Å²) in [7, 11) is 0. The third kappa shape index (κ3) is 2.41. The number of halogens is 1. The molecule has 1 aliphatic heterocycles. The van der Waals surface area contributed by atoms with E-state index in [1.54, 1.807) is 6.92 Å². The first-order chi connectivity index (χ1) is 6.81. The van der Waals surface area contributed by atoms with Gasteiger partial charge < -0.3 is 14.6 Å². The van der Waals surface area contributed by atoms with Crippen molar-refractivity contribution in [2.45, 2.75) is 6.92 Å². The van der Waals surface area contributed by atoms with Gasteiger partial charge in [0.05, 0.1) is 0 Å². The molecule has 82 valence electrons. The van der Waals surface area contributed by atoms with Gasteiger partial charge in [0.1, 0.15) is 6.07 Å². The van der Waals surface area contributed by atoms with Crippen LogP contribution in [-0.2, 0) is 0 Å². The third-order valence-electron chi connectivity index (χ3n) is 2.23. The van der Waals surface area contributed by atoms with Gasteiger partial charge in [0.2, 0.25) is 11.6 Å². The van der Waals surface area contributed by atoms with Gasteiger partial charge in [-0.15, -0.1) is 12.4 Å². The van der Waals surface area contributed by atoms with Crippen LogP contribution in [0.25, 0.3) is 0 Å². The lowest BCUT2D eigenvalue weighted by molar-refractivity contribution is 0.484. The molecule has 0 saturated carbocycles. The van der Waals surface area contributed by atoms with Crippen LogP contribution >= 0.6 is 12.4 Å². The zero-order valence-electron chi connectivity index (χ0n) is 8.49. The van der Waals surface area contributed by atoms with Gasteiger partial charge in [0.25, 0.3) is 0 Å². The maximum Gasteiger partial charge on any atom is 0.234 e. The maximum absolute atomic E-state index is 8.85. The number of anilines is 1. The summed E-state index contributed by atoms with van der Waals surface area (Å²) in [6, 6.07) is 2.05. The Hall–Kier alpha value is -1.25. The molecule has 0 aliphatic carbocycles. The van der Waals surface area contributed by atoms with Crippen LogP contribution in [-0.4, -0.2) is 31.2 Å². The molecule has 1 aliphatic rings. The Morgan fingerprint density at radius 3 is 2.73 bits per heavy atom. The van der Waals surface area contributed by atoms with E-state index < -0.39 is 0 Å². The summed E-state index contributed by atoms with van der Waals surface area (Å²) in [4.78, 5) is 6.07. The fourth-order valence-electron chi connectivity index (χ4n) is 1.57. The Kier molecular flexibility index (Phi) is 3.95. The molecule has 0 atom stereocenters. The summed E-state index contributed by atoms with van der Waals surface area (Å²) in [5, 5.41) is 12.1. The highest BCUT2D eigenvalue weighted by Gasteiger charge is 2.19. The van der Waals surface area contributed by atoms with Gasteiger partial charge in [0.15, 0.2) is 5.89 Å². The number of hydrogen-bond donors (Lipinski definition) is 1. The standard InChI is InChI=1S/C9H12N4O.ClH/c1-7-12-8(6-10)9(14-7)13-4-2-11-3-5-13;/h11H,2-5H2,1H3;1H. The molecule has 2 heterocycles. The molecular weight excluding hydrogens is 216 g/mol. The predicted octanol–water partition coefficient (Wildman–Crippen LogP) is 0.686. The molecule has 5 nitrogen and oxygen atoms in total. The van der Waals surface area contributed by atoms with Crippen molar-refractivity contribution in [1.82, 2.24) is 10.3 Å². The number of oxazole rings is 1. The van der Waals surface area contributed by atoms with Crippen molar-refractivity contribution < 1.29 is 4.42 Å². The maximum atomic E-state index is 8.85. The van der Waals surface area contributed by atoms with Gasteiger partial charge in [-0.1, -0.05) is 0 Å². The van der Waals surface area contributed by atoms with E-state index in [4.69, 9.17) is 9.68 Å². The van der Waals surface area contributed by atoms with Crippen LogP contribution in [0.3, 0.4) is 0 Å². The van der Waals surface area contributed by atoms with Gasteiger partial charge in [0, 0.05) is 33.1 Å². The van der Waals surface area contributed by atoms with Crippen LogP contribution in [0.15, 0.2) is 4.42 Å². The second kappa shape index (κ2) is 5.01. The zero-order valence-corrected chi connectivity index (χ0v) is 9.30.